The van der Waals surface area contributed by atoms with Gasteiger partial charge in [-0.15, -0.1) is 0 Å². The highest BCUT2D eigenvalue weighted by molar-refractivity contribution is 5.75. The molecular weight excluding hydrogens is 358 g/mol. The van der Waals surface area contributed by atoms with Gasteiger partial charge in [-0.05, 0) is 74.5 Å². The molecule has 0 heterocycles. The number of benzene rings is 1. The van der Waals surface area contributed by atoms with Crippen LogP contribution in [0.25, 0.3) is 0 Å². The average molecular weight is 393 g/mol. The Morgan fingerprint density at radius 1 is 1.04 bits per heavy atom. The SMILES string of the molecule is CCCc1ccc(OC(=O)C2CCC(C3CCC(CC)CC3(F)F)CC2)cc1. The Hall–Kier alpha value is -1.45. The minimum Gasteiger partial charge on any atom is -0.426 e. The summed E-state index contributed by atoms with van der Waals surface area (Å²) in [5.41, 5.74) is 1.24. The summed E-state index contributed by atoms with van der Waals surface area (Å²) in [6, 6.07) is 7.69. The van der Waals surface area contributed by atoms with Crippen LogP contribution >= 0.6 is 0 Å². The highest BCUT2D eigenvalue weighted by Crippen LogP contribution is 2.49. The number of ether oxygens (including phenoxy) is 1. The van der Waals surface area contributed by atoms with E-state index in [-0.39, 0.29) is 30.1 Å². The van der Waals surface area contributed by atoms with Crippen molar-refractivity contribution in [2.75, 3.05) is 0 Å². The van der Waals surface area contributed by atoms with Gasteiger partial charge in [0.15, 0.2) is 0 Å². The molecule has 2 aliphatic carbocycles. The average Bonchev–Trinajstić information content (AvgIpc) is 2.69. The van der Waals surface area contributed by atoms with Gasteiger partial charge in [0.1, 0.15) is 5.75 Å². The lowest BCUT2D eigenvalue weighted by Gasteiger charge is -2.42. The van der Waals surface area contributed by atoms with E-state index in [0.29, 0.717) is 37.9 Å². The van der Waals surface area contributed by atoms with E-state index >= 15 is 0 Å². The smallest absolute Gasteiger partial charge is 0.314 e. The molecule has 1 aromatic rings. The predicted molar refractivity (Wildman–Crippen MR) is 108 cm³/mol. The van der Waals surface area contributed by atoms with Crippen LogP contribution in [0, 0.1) is 23.7 Å². The molecule has 0 aliphatic heterocycles. The summed E-state index contributed by atoms with van der Waals surface area (Å²) >= 11 is 0. The van der Waals surface area contributed by atoms with Crippen molar-refractivity contribution in [1.29, 1.82) is 0 Å². The number of hydrogen-bond donors (Lipinski definition) is 0. The highest BCUT2D eigenvalue weighted by atomic mass is 19.3. The van der Waals surface area contributed by atoms with Crippen molar-refractivity contribution in [3.8, 4) is 5.75 Å². The second kappa shape index (κ2) is 9.37. The van der Waals surface area contributed by atoms with Crippen LogP contribution in [-0.2, 0) is 11.2 Å². The predicted octanol–water partition coefficient (Wildman–Crippen LogP) is 6.81. The van der Waals surface area contributed by atoms with E-state index in [1.165, 1.54) is 5.56 Å². The molecule has 2 saturated carbocycles. The molecule has 2 unspecified atom stereocenters. The Morgan fingerprint density at radius 3 is 2.29 bits per heavy atom. The van der Waals surface area contributed by atoms with Gasteiger partial charge in [-0.25, -0.2) is 8.78 Å². The summed E-state index contributed by atoms with van der Waals surface area (Å²) in [7, 11) is 0. The van der Waals surface area contributed by atoms with Crippen LogP contribution in [0.15, 0.2) is 24.3 Å². The van der Waals surface area contributed by atoms with E-state index in [9.17, 15) is 13.6 Å². The van der Waals surface area contributed by atoms with Crippen LogP contribution in [0.5, 0.6) is 5.75 Å². The van der Waals surface area contributed by atoms with Gasteiger partial charge in [0.05, 0.1) is 5.92 Å². The van der Waals surface area contributed by atoms with Gasteiger partial charge >= 0.3 is 5.97 Å². The molecule has 0 spiro atoms. The molecule has 0 radical (unpaired) electrons. The maximum Gasteiger partial charge on any atom is 0.314 e. The minimum atomic E-state index is -2.54. The zero-order chi connectivity index (χ0) is 20.1. The Labute approximate surface area is 168 Å². The van der Waals surface area contributed by atoms with Crippen molar-refractivity contribution >= 4 is 5.97 Å². The number of hydrogen-bond acceptors (Lipinski definition) is 2. The molecule has 0 amide bonds. The van der Waals surface area contributed by atoms with Crippen molar-refractivity contribution in [2.45, 2.75) is 84.0 Å². The molecule has 3 rings (SSSR count). The van der Waals surface area contributed by atoms with E-state index in [1.807, 2.05) is 31.2 Å². The van der Waals surface area contributed by atoms with Crippen molar-refractivity contribution in [1.82, 2.24) is 0 Å². The fourth-order valence-corrected chi connectivity index (χ4v) is 5.16. The first kappa shape index (κ1) is 21.3. The second-order valence-electron chi connectivity index (χ2n) is 8.85. The number of alkyl halides is 2. The van der Waals surface area contributed by atoms with Gasteiger partial charge in [0.25, 0.3) is 5.92 Å². The first-order valence-corrected chi connectivity index (χ1v) is 11.1. The molecule has 0 aromatic heterocycles. The highest BCUT2D eigenvalue weighted by Gasteiger charge is 2.48. The minimum absolute atomic E-state index is 0.0458. The van der Waals surface area contributed by atoms with Crippen molar-refractivity contribution in [3.05, 3.63) is 29.8 Å². The summed E-state index contributed by atoms with van der Waals surface area (Å²) in [4.78, 5) is 12.5. The van der Waals surface area contributed by atoms with Crippen molar-refractivity contribution in [2.24, 2.45) is 23.7 Å². The van der Waals surface area contributed by atoms with Crippen LogP contribution in [0.3, 0.4) is 0 Å². The Morgan fingerprint density at radius 2 is 1.71 bits per heavy atom. The molecule has 0 saturated heterocycles. The molecule has 28 heavy (non-hydrogen) atoms. The molecule has 156 valence electrons. The largest absolute Gasteiger partial charge is 0.426 e. The van der Waals surface area contributed by atoms with Gasteiger partial charge in [-0.3, -0.25) is 4.79 Å². The number of carbonyl (C=O) groups excluding carboxylic acids is 1. The molecule has 2 aliphatic rings. The van der Waals surface area contributed by atoms with E-state index in [0.717, 1.165) is 25.7 Å². The molecular formula is C24H34F2O2. The van der Waals surface area contributed by atoms with Crippen LogP contribution in [-0.4, -0.2) is 11.9 Å². The van der Waals surface area contributed by atoms with Crippen LogP contribution in [0.4, 0.5) is 8.78 Å². The quantitative estimate of drug-likeness (QED) is 0.392. The standard InChI is InChI=1S/C24H34F2O2/c1-3-5-18-6-13-21(14-7-18)28-23(27)20-11-9-19(10-12-20)22-15-8-17(4-2)16-24(22,25)26/h6-7,13-14,17,19-20,22H,3-5,8-12,15-16H2,1-2H3. The maximum absolute atomic E-state index is 14.6. The number of halogens is 2. The lowest BCUT2D eigenvalue weighted by atomic mass is 9.67. The zero-order valence-electron chi connectivity index (χ0n) is 17.3. The third kappa shape index (κ3) is 5.12. The number of rotatable bonds is 6. The van der Waals surface area contributed by atoms with E-state index in [1.54, 1.807) is 0 Å². The third-order valence-corrected chi connectivity index (χ3v) is 6.92. The molecule has 2 nitrogen and oxygen atoms in total. The lowest BCUT2D eigenvalue weighted by molar-refractivity contribution is -0.143. The Kier molecular flexibility index (Phi) is 7.11. The third-order valence-electron chi connectivity index (χ3n) is 6.92. The Bertz CT molecular complexity index is 633. The van der Waals surface area contributed by atoms with E-state index in [4.69, 9.17) is 4.74 Å². The summed E-state index contributed by atoms with van der Waals surface area (Å²) < 4.78 is 34.8. The fraction of sp³-hybridized carbons (Fsp3) is 0.708. The van der Waals surface area contributed by atoms with Crippen LogP contribution in [0.2, 0.25) is 0 Å². The summed E-state index contributed by atoms with van der Waals surface area (Å²) in [6.07, 6.45) is 7.32. The number of esters is 1. The number of aryl methyl sites for hydroxylation is 1. The molecule has 1 aromatic carbocycles. The Balaban J connectivity index is 1.50. The monoisotopic (exact) mass is 392 g/mol. The van der Waals surface area contributed by atoms with Gasteiger partial charge in [-0.2, -0.15) is 0 Å². The van der Waals surface area contributed by atoms with E-state index in [2.05, 4.69) is 6.92 Å². The van der Waals surface area contributed by atoms with Gasteiger partial charge in [0, 0.05) is 12.3 Å². The van der Waals surface area contributed by atoms with Gasteiger partial charge < -0.3 is 4.74 Å². The topological polar surface area (TPSA) is 26.3 Å². The summed E-state index contributed by atoms with van der Waals surface area (Å²) in [5, 5.41) is 0. The van der Waals surface area contributed by atoms with Crippen molar-refractivity contribution < 1.29 is 18.3 Å². The van der Waals surface area contributed by atoms with Crippen LogP contribution < -0.4 is 4.74 Å². The maximum atomic E-state index is 14.6. The molecule has 0 bridgehead atoms. The normalized spacial score (nSPS) is 30.0. The van der Waals surface area contributed by atoms with Gasteiger partial charge in [0.2, 0.25) is 0 Å². The lowest BCUT2D eigenvalue weighted by Crippen LogP contribution is -2.41. The number of carbonyl (C=O) groups is 1. The molecule has 2 atom stereocenters. The zero-order valence-corrected chi connectivity index (χ0v) is 17.3. The fourth-order valence-electron chi connectivity index (χ4n) is 5.16. The van der Waals surface area contributed by atoms with E-state index < -0.39 is 11.8 Å². The first-order valence-electron chi connectivity index (χ1n) is 11.1. The second-order valence-corrected chi connectivity index (χ2v) is 8.85. The molecule has 0 N–H and O–H groups in total. The molecule has 4 heteroatoms. The first-order chi connectivity index (χ1) is 13.4. The summed E-state index contributed by atoms with van der Waals surface area (Å²) in [6.45, 7) is 4.14. The van der Waals surface area contributed by atoms with Crippen LogP contribution in [0.1, 0.15) is 77.2 Å². The van der Waals surface area contributed by atoms with Gasteiger partial charge in [-0.1, -0.05) is 38.8 Å². The van der Waals surface area contributed by atoms with Crippen molar-refractivity contribution in [3.63, 3.8) is 0 Å². The molecule has 2 fully saturated rings. The summed E-state index contributed by atoms with van der Waals surface area (Å²) in [5.74, 6) is -2.62.